The normalized spacial score (nSPS) is 17.5. The topological polar surface area (TPSA) is 73.3 Å². The van der Waals surface area contributed by atoms with Crippen molar-refractivity contribution >= 4 is 23.1 Å². The van der Waals surface area contributed by atoms with Crippen LogP contribution < -0.4 is 9.64 Å². The summed E-state index contributed by atoms with van der Waals surface area (Å²) in [6.45, 7) is 3.77. The fourth-order valence-electron chi connectivity index (χ4n) is 4.08. The van der Waals surface area contributed by atoms with E-state index >= 15 is 0 Å². The molecule has 2 aromatic carbocycles. The van der Waals surface area contributed by atoms with Gasteiger partial charge in [0.25, 0.3) is 11.7 Å². The van der Waals surface area contributed by atoms with E-state index in [0.717, 1.165) is 24.2 Å². The van der Waals surface area contributed by atoms with E-state index in [9.17, 15) is 14.7 Å². The van der Waals surface area contributed by atoms with Gasteiger partial charge in [0.1, 0.15) is 11.5 Å². The number of carbonyl (C=O) groups is 2. The van der Waals surface area contributed by atoms with Crippen molar-refractivity contribution in [2.45, 2.75) is 25.8 Å². The third kappa shape index (κ3) is 5.59. The summed E-state index contributed by atoms with van der Waals surface area (Å²) in [6.07, 6.45) is 1.57. The monoisotopic (exact) mass is 465 g/mol. The highest BCUT2D eigenvalue weighted by atomic mass is 16.5. The van der Waals surface area contributed by atoms with Gasteiger partial charge in [0, 0.05) is 31.9 Å². The molecule has 1 atom stereocenters. The first-order valence-corrected chi connectivity index (χ1v) is 11.7. The van der Waals surface area contributed by atoms with Crippen LogP contribution in [-0.2, 0) is 9.59 Å². The number of anilines is 1. The van der Waals surface area contributed by atoms with Crippen molar-refractivity contribution in [3.05, 3.63) is 65.2 Å². The molecule has 0 aliphatic carbocycles. The predicted molar refractivity (Wildman–Crippen MR) is 135 cm³/mol. The average Bonchev–Trinajstić information content (AvgIpc) is 3.07. The number of ether oxygens (including phenoxy) is 1. The van der Waals surface area contributed by atoms with Gasteiger partial charge in [0.05, 0.1) is 18.2 Å². The molecule has 2 aromatic rings. The van der Waals surface area contributed by atoms with Crippen LogP contribution in [0.1, 0.15) is 36.9 Å². The molecule has 0 radical (unpaired) electrons. The van der Waals surface area contributed by atoms with Crippen LogP contribution in [0.3, 0.4) is 0 Å². The van der Waals surface area contributed by atoms with Gasteiger partial charge in [-0.05, 0) is 63.3 Å². The zero-order valence-electron chi connectivity index (χ0n) is 20.7. The first-order chi connectivity index (χ1) is 16.2. The molecule has 1 amide bonds. The fourth-order valence-corrected chi connectivity index (χ4v) is 4.08. The van der Waals surface area contributed by atoms with Gasteiger partial charge >= 0.3 is 0 Å². The number of hydrogen-bond acceptors (Lipinski definition) is 6. The van der Waals surface area contributed by atoms with Crippen LogP contribution in [-0.4, -0.2) is 74.5 Å². The molecular formula is C27H35N3O4. The maximum Gasteiger partial charge on any atom is 0.295 e. The van der Waals surface area contributed by atoms with Crippen molar-refractivity contribution in [1.82, 2.24) is 9.80 Å². The van der Waals surface area contributed by atoms with Crippen molar-refractivity contribution in [3.8, 4) is 5.75 Å². The number of Topliss-reactive ketones (excluding diaryl/α,β-unsaturated/α-hetero) is 1. The Kier molecular flexibility index (Phi) is 8.34. The molecule has 1 fully saturated rings. The summed E-state index contributed by atoms with van der Waals surface area (Å²) in [5.74, 6) is -0.820. The maximum absolute atomic E-state index is 13.2. The molecule has 1 unspecified atom stereocenters. The number of aliphatic hydroxyl groups is 1. The Morgan fingerprint density at radius 1 is 1.06 bits per heavy atom. The van der Waals surface area contributed by atoms with Crippen LogP contribution in [0, 0.1) is 0 Å². The second kappa shape index (κ2) is 11.2. The number of rotatable bonds is 10. The largest absolute Gasteiger partial charge is 0.507 e. The zero-order valence-corrected chi connectivity index (χ0v) is 20.7. The Labute approximate surface area is 202 Å². The van der Waals surface area contributed by atoms with Gasteiger partial charge in [-0.25, -0.2) is 0 Å². The van der Waals surface area contributed by atoms with Crippen molar-refractivity contribution < 1.29 is 19.4 Å². The number of carbonyl (C=O) groups excluding carboxylic acids is 2. The summed E-state index contributed by atoms with van der Waals surface area (Å²) >= 11 is 0. The van der Waals surface area contributed by atoms with Crippen molar-refractivity contribution in [2.75, 3.05) is 52.8 Å². The van der Waals surface area contributed by atoms with E-state index in [-0.39, 0.29) is 11.3 Å². The molecule has 34 heavy (non-hydrogen) atoms. The summed E-state index contributed by atoms with van der Waals surface area (Å²) in [4.78, 5) is 31.9. The van der Waals surface area contributed by atoms with Gasteiger partial charge < -0.3 is 24.5 Å². The molecule has 182 valence electrons. The van der Waals surface area contributed by atoms with Crippen molar-refractivity contribution in [2.24, 2.45) is 0 Å². The second-order valence-electron chi connectivity index (χ2n) is 9.01. The number of amides is 1. The van der Waals surface area contributed by atoms with Gasteiger partial charge in [-0.1, -0.05) is 31.2 Å². The van der Waals surface area contributed by atoms with Crippen molar-refractivity contribution in [3.63, 3.8) is 0 Å². The van der Waals surface area contributed by atoms with Crippen LogP contribution in [0.15, 0.2) is 54.1 Å². The highest BCUT2D eigenvalue weighted by Gasteiger charge is 2.45. The van der Waals surface area contributed by atoms with Crippen LogP contribution in [0.2, 0.25) is 0 Å². The molecule has 0 aromatic heterocycles. The number of likely N-dealkylation sites (tertiary alicyclic amines) is 1. The Hall–Kier alpha value is -3.32. The molecule has 3 rings (SSSR count). The SMILES string of the molecule is CCCOc1cccc(/C(O)=C2/C(=O)C(=O)N(CCCN(C)C)C2c2ccc(N(C)C)cc2)c1. The molecular weight excluding hydrogens is 430 g/mol. The first-order valence-electron chi connectivity index (χ1n) is 11.7. The summed E-state index contributed by atoms with van der Waals surface area (Å²) in [7, 11) is 7.85. The Morgan fingerprint density at radius 3 is 2.38 bits per heavy atom. The minimum atomic E-state index is -0.663. The lowest BCUT2D eigenvalue weighted by Crippen LogP contribution is -2.32. The van der Waals surface area contributed by atoms with E-state index in [2.05, 4.69) is 0 Å². The Morgan fingerprint density at radius 2 is 1.76 bits per heavy atom. The molecule has 1 saturated heterocycles. The molecule has 7 nitrogen and oxygen atoms in total. The van der Waals surface area contributed by atoms with Gasteiger partial charge in [-0.2, -0.15) is 0 Å². The van der Waals surface area contributed by atoms with Gasteiger partial charge in [-0.15, -0.1) is 0 Å². The highest BCUT2D eigenvalue weighted by Crippen LogP contribution is 2.40. The van der Waals surface area contributed by atoms with Crippen LogP contribution in [0.5, 0.6) is 5.75 Å². The Bertz CT molecular complexity index is 1040. The Balaban J connectivity index is 2.06. The smallest absolute Gasteiger partial charge is 0.295 e. The van der Waals surface area contributed by atoms with E-state index in [1.54, 1.807) is 23.1 Å². The molecule has 1 aliphatic rings. The summed E-state index contributed by atoms with van der Waals surface area (Å²) in [5, 5.41) is 11.3. The van der Waals surface area contributed by atoms with Gasteiger partial charge in [0.2, 0.25) is 0 Å². The number of aliphatic hydroxyl groups excluding tert-OH is 1. The summed E-state index contributed by atoms with van der Waals surface area (Å²) < 4.78 is 5.69. The lowest BCUT2D eigenvalue weighted by atomic mass is 9.95. The van der Waals surface area contributed by atoms with E-state index in [1.165, 1.54) is 0 Å². The highest BCUT2D eigenvalue weighted by molar-refractivity contribution is 6.46. The van der Waals surface area contributed by atoms with E-state index in [4.69, 9.17) is 4.74 Å². The minimum Gasteiger partial charge on any atom is -0.507 e. The molecule has 0 spiro atoms. The van der Waals surface area contributed by atoms with Crippen LogP contribution in [0.4, 0.5) is 5.69 Å². The fraction of sp³-hybridized carbons (Fsp3) is 0.407. The number of ketones is 1. The average molecular weight is 466 g/mol. The number of nitrogens with zero attached hydrogens (tertiary/aromatic N) is 3. The molecule has 1 aliphatic heterocycles. The van der Waals surface area contributed by atoms with Gasteiger partial charge in [0.15, 0.2) is 0 Å². The number of hydrogen-bond donors (Lipinski definition) is 1. The van der Waals surface area contributed by atoms with E-state index in [0.29, 0.717) is 30.9 Å². The molecule has 1 N–H and O–H groups in total. The second-order valence-corrected chi connectivity index (χ2v) is 9.01. The van der Waals surface area contributed by atoms with Crippen molar-refractivity contribution in [1.29, 1.82) is 0 Å². The molecule has 0 saturated carbocycles. The standard InChI is InChI=1S/C27H35N3O4/c1-6-17-34-22-10-7-9-20(18-22)25(31)23-24(19-11-13-21(14-12-19)29(4)5)30(27(33)26(23)32)16-8-15-28(2)3/h7,9-14,18,24,31H,6,8,15-17H2,1-5H3/b25-23-. The number of benzene rings is 2. The molecule has 1 heterocycles. The summed E-state index contributed by atoms with van der Waals surface area (Å²) in [6, 6.07) is 14.1. The summed E-state index contributed by atoms with van der Waals surface area (Å²) in [5.41, 5.74) is 2.36. The van der Waals surface area contributed by atoms with E-state index in [1.807, 2.05) is 75.2 Å². The van der Waals surface area contributed by atoms with E-state index < -0.39 is 17.7 Å². The van der Waals surface area contributed by atoms with Crippen LogP contribution in [0.25, 0.3) is 5.76 Å². The quantitative estimate of drug-likeness (QED) is 0.326. The third-order valence-corrected chi connectivity index (χ3v) is 5.85. The minimum absolute atomic E-state index is 0.111. The molecule has 0 bridgehead atoms. The van der Waals surface area contributed by atoms with Gasteiger partial charge in [-0.3, -0.25) is 9.59 Å². The third-order valence-electron chi connectivity index (χ3n) is 5.85. The predicted octanol–water partition coefficient (Wildman–Crippen LogP) is 3.91. The lowest BCUT2D eigenvalue weighted by Gasteiger charge is -2.26. The zero-order chi connectivity index (χ0) is 24.8. The maximum atomic E-state index is 13.2. The first kappa shape index (κ1) is 25.3. The van der Waals surface area contributed by atoms with Crippen LogP contribution >= 0.6 is 0 Å². The molecule has 7 heteroatoms. The lowest BCUT2D eigenvalue weighted by molar-refractivity contribution is -0.139.